The Morgan fingerprint density at radius 2 is 0.696 bits per heavy atom. The lowest BCUT2D eigenvalue weighted by molar-refractivity contribution is -0.146. The Morgan fingerprint density at radius 3 is 0.971 bits per heavy atom. The van der Waals surface area contributed by atoms with Crippen molar-refractivity contribution in [1.29, 1.82) is 0 Å². The number of carbonyl (C=O) groups excluding carboxylic acids is 2. The van der Waals surface area contributed by atoms with Crippen molar-refractivity contribution in [2.24, 2.45) is 0 Å². The molecule has 6 unspecified atom stereocenters. The normalized spacial score (nSPS) is 17.7. The van der Waals surface area contributed by atoms with Crippen LogP contribution in [0.4, 0.5) is 0 Å². The van der Waals surface area contributed by atoms with Crippen molar-refractivity contribution in [3.05, 3.63) is 0 Å². The third-order valence-corrected chi connectivity index (χ3v) is 14.4. The summed E-state index contributed by atoms with van der Waals surface area (Å²) in [6.07, 6.45) is 30.6. The summed E-state index contributed by atoms with van der Waals surface area (Å²) in [5.74, 6) is -0.397. The Balaban J connectivity index is 2.47. The monoisotopic (exact) mass is 983 g/mol. The SMILES string of the molecule is CCCCCCCCC(O)CN(CCCC(=O)OCCN1CC(C)N(CCOC(=O)CCCN(CC(O)CCCCCCCC)CC(O)CCCCCCCC)CC1C)CC(O)CCCCCCC. The topological polar surface area (TPSA) is 146 Å². The predicted molar refractivity (Wildman–Crippen MR) is 287 cm³/mol. The van der Waals surface area contributed by atoms with E-state index in [0.717, 1.165) is 90.1 Å². The number of ether oxygens (including phenoxy) is 2. The standard InChI is InChI=1S/C57H114N4O8/c1-7-11-15-19-23-27-33-53(63)47-58(46-52(62)32-26-22-18-14-10-4)38-30-36-56(66)68-42-40-60-44-51(6)61(45-50(60)5)41-43-69-57(67)37-31-39-59(48-54(64)34-28-24-20-16-12-8-2)49-55(65)35-29-25-21-17-13-9-3/h50-55,62-65H,7-49H2,1-6H3. The molecule has 0 spiro atoms. The summed E-state index contributed by atoms with van der Waals surface area (Å²) < 4.78 is 11.4. The first kappa shape index (κ1) is 65.6. The van der Waals surface area contributed by atoms with Crippen LogP contribution in [0.1, 0.15) is 241 Å². The summed E-state index contributed by atoms with van der Waals surface area (Å²) in [5.41, 5.74) is 0. The van der Waals surface area contributed by atoms with E-state index in [1.54, 1.807) is 0 Å². The summed E-state index contributed by atoms with van der Waals surface area (Å²) in [4.78, 5) is 34.8. The second kappa shape index (κ2) is 45.3. The second-order valence-electron chi connectivity index (χ2n) is 21.3. The molecule has 6 atom stereocenters. The van der Waals surface area contributed by atoms with Gasteiger partial charge in [0.2, 0.25) is 0 Å². The van der Waals surface area contributed by atoms with E-state index in [-0.39, 0.29) is 24.0 Å². The Kier molecular flexibility index (Phi) is 43.0. The molecule has 0 amide bonds. The van der Waals surface area contributed by atoms with Crippen LogP contribution in [0.5, 0.6) is 0 Å². The molecule has 1 fully saturated rings. The smallest absolute Gasteiger partial charge is 0.305 e. The van der Waals surface area contributed by atoms with Gasteiger partial charge < -0.3 is 29.9 Å². The largest absolute Gasteiger partial charge is 0.464 e. The highest BCUT2D eigenvalue weighted by atomic mass is 16.5. The molecule has 1 aliphatic heterocycles. The van der Waals surface area contributed by atoms with Gasteiger partial charge in [-0.15, -0.1) is 0 Å². The number of esters is 2. The number of piperazine rings is 1. The molecule has 0 aromatic carbocycles. The maximum atomic E-state index is 12.9. The van der Waals surface area contributed by atoms with Gasteiger partial charge in [-0.1, -0.05) is 175 Å². The number of hydrogen-bond donors (Lipinski definition) is 4. The molecule has 1 saturated heterocycles. The summed E-state index contributed by atoms with van der Waals surface area (Å²) >= 11 is 0. The first-order valence-electron chi connectivity index (χ1n) is 29.4. The minimum absolute atomic E-state index is 0.198. The van der Waals surface area contributed by atoms with Gasteiger partial charge in [0.05, 0.1) is 24.4 Å². The van der Waals surface area contributed by atoms with Gasteiger partial charge in [0.25, 0.3) is 0 Å². The van der Waals surface area contributed by atoms with Crippen LogP contribution in [0.25, 0.3) is 0 Å². The van der Waals surface area contributed by atoms with Crippen molar-refractivity contribution < 1.29 is 39.5 Å². The fourth-order valence-corrected chi connectivity index (χ4v) is 10.0. The molecule has 1 aliphatic rings. The first-order chi connectivity index (χ1) is 33.4. The predicted octanol–water partition coefficient (Wildman–Crippen LogP) is 10.7. The van der Waals surface area contributed by atoms with E-state index in [9.17, 15) is 30.0 Å². The molecule has 69 heavy (non-hydrogen) atoms. The van der Waals surface area contributed by atoms with Crippen molar-refractivity contribution >= 4 is 11.9 Å². The van der Waals surface area contributed by atoms with Crippen LogP contribution >= 0.6 is 0 Å². The molecule has 0 saturated carbocycles. The maximum absolute atomic E-state index is 12.9. The molecule has 0 radical (unpaired) electrons. The van der Waals surface area contributed by atoms with Crippen LogP contribution in [0.2, 0.25) is 0 Å². The molecule has 1 rings (SSSR count). The van der Waals surface area contributed by atoms with Crippen LogP contribution in [-0.4, -0.2) is 167 Å². The van der Waals surface area contributed by atoms with Crippen LogP contribution in [0, 0.1) is 0 Å². The van der Waals surface area contributed by atoms with Gasteiger partial charge in [-0.25, -0.2) is 0 Å². The molecule has 410 valence electrons. The third kappa shape index (κ3) is 37.9. The summed E-state index contributed by atoms with van der Waals surface area (Å²) in [6.45, 7) is 20.4. The molecule has 4 N–H and O–H groups in total. The first-order valence-corrected chi connectivity index (χ1v) is 29.4. The minimum Gasteiger partial charge on any atom is -0.464 e. The average molecular weight is 984 g/mol. The number of hydrogen-bond acceptors (Lipinski definition) is 12. The van der Waals surface area contributed by atoms with Crippen molar-refractivity contribution in [2.75, 3.05) is 78.7 Å². The Hall–Kier alpha value is -1.38. The molecular formula is C57H114N4O8. The molecule has 12 heteroatoms. The highest BCUT2D eigenvalue weighted by Gasteiger charge is 2.29. The summed E-state index contributed by atoms with van der Waals surface area (Å²) in [7, 11) is 0. The summed E-state index contributed by atoms with van der Waals surface area (Å²) in [6, 6.07) is 0.535. The van der Waals surface area contributed by atoms with Gasteiger partial charge in [0.1, 0.15) is 13.2 Å². The zero-order valence-electron chi connectivity index (χ0n) is 46.1. The van der Waals surface area contributed by atoms with E-state index < -0.39 is 24.4 Å². The van der Waals surface area contributed by atoms with Crippen molar-refractivity contribution in [2.45, 2.75) is 277 Å². The highest BCUT2D eigenvalue weighted by Crippen LogP contribution is 2.17. The fourth-order valence-electron chi connectivity index (χ4n) is 10.0. The molecule has 0 bridgehead atoms. The van der Waals surface area contributed by atoms with Crippen LogP contribution in [-0.2, 0) is 19.1 Å². The van der Waals surface area contributed by atoms with E-state index >= 15 is 0 Å². The van der Waals surface area contributed by atoms with Gasteiger partial charge in [-0.3, -0.25) is 29.2 Å². The van der Waals surface area contributed by atoms with Crippen LogP contribution < -0.4 is 0 Å². The minimum atomic E-state index is -0.427. The second-order valence-corrected chi connectivity index (χ2v) is 21.3. The Morgan fingerprint density at radius 1 is 0.435 bits per heavy atom. The Labute approximate surface area is 425 Å². The lowest BCUT2D eigenvalue weighted by Gasteiger charge is -2.44. The number of rotatable bonds is 49. The maximum Gasteiger partial charge on any atom is 0.305 e. The van der Waals surface area contributed by atoms with Gasteiger partial charge in [-0.05, 0) is 65.5 Å². The van der Waals surface area contributed by atoms with Gasteiger partial charge in [0, 0.05) is 77.3 Å². The van der Waals surface area contributed by atoms with Crippen LogP contribution in [0.15, 0.2) is 0 Å². The van der Waals surface area contributed by atoms with Crippen molar-refractivity contribution in [3.63, 3.8) is 0 Å². The number of nitrogens with zero attached hydrogens (tertiary/aromatic N) is 4. The molecule has 0 aliphatic carbocycles. The van der Waals surface area contributed by atoms with E-state index in [1.807, 2.05) is 0 Å². The zero-order chi connectivity index (χ0) is 50.7. The molecule has 0 aromatic rings. The van der Waals surface area contributed by atoms with Gasteiger partial charge in [0.15, 0.2) is 0 Å². The molecule has 0 aromatic heterocycles. The van der Waals surface area contributed by atoms with Crippen molar-refractivity contribution in [3.8, 4) is 0 Å². The molecule has 12 nitrogen and oxygen atoms in total. The van der Waals surface area contributed by atoms with Gasteiger partial charge >= 0.3 is 11.9 Å². The summed E-state index contributed by atoms with van der Waals surface area (Å²) in [5, 5.41) is 43.5. The zero-order valence-corrected chi connectivity index (χ0v) is 46.1. The highest BCUT2D eigenvalue weighted by molar-refractivity contribution is 5.69. The van der Waals surface area contributed by atoms with Crippen molar-refractivity contribution in [1.82, 2.24) is 19.6 Å². The van der Waals surface area contributed by atoms with E-state index in [1.165, 1.54) is 96.3 Å². The van der Waals surface area contributed by atoms with Gasteiger partial charge in [-0.2, -0.15) is 0 Å². The lowest BCUT2D eigenvalue weighted by atomic mass is 10.1. The number of aliphatic hydroxyl groups is 4. The molecular weight excluding hydrogens is 869 g/mol. The van der Waals surface area contributed by atoms with Crippen LogP contribution in [0.3, 0.4) is 0 Å². The number of carbonyl (C=O) groups is 2. The van der Waals surface area contributed by atoms with E-state index in [0.29, 0.717) is 91.3 Å². The number of unbranched alkanes of at least 4 members (excludes halogenated alkanes) is 19. The van der Waals surface area contributed by atoms with E-state index in [2.05, 4.69) is 61.1 Å². The fraction of sp³-hybridized carbons (Fsp3) is 0.965. The average Bonchev–Trinajstić information content (AvgIpc) is 3.31. The molecule has 1 heterocycles. The quantitative estimate of drug-likeness (QED) is 0.0340. The number of aliphatic hydroxyl groups excluding tert-OH is 4. The third-order valence-electron chi connectivity index (χ3n) is 14.4. The lowest BCUT2D eigenvalue weighted by Crippen LogP contribution is -2.57. The Bertz CT molecular complexity index is 1150. The van der Waals surface area contributed by atoms with E-state index in [4.69, 9.17) is 9.47 Å².